The first kappa shape index (κ1) is 29.5. The fraction of sp³-hybridized carbons (Fsp3) is 0. The molecular weight excluding hydrogens is 649 g/mol. The molecular formula is C54H32. The Kier molecular flexibility index (Phi) is 6.15. The van der Waals surface area contributed by atoms with E-state index in [2.05, 4.69) is 194 Å². The van der Waals surface area contributed by atoms with Crippen LogP contribution in [0, 0.1) is 0 Å². The van der Waals surface area contributed by atoms with Gasteiger partial charge in [-0.2, -0.15) is 0 Å². The van der Waals surface area contributed by atoms with Crippen molar-refractivity contribution >= 4 is 32.3 Å². The van der Waals surface area contributed by atoms with Crippen LogP contribution in [0.1, 0.15) is 0 Å². The number of rotatable bonds is 4. The molecule has 0 spiro atoms. The van der Waals surface area contributed by atoms with Crippen molar-refractivity contribution < 1.29 is 0 Å². The Morgan fingerprint density at radius 1 is 0.185 bits per heavy atom. The zero-order valence-electron chi connectivity index (χ0n) is 29.5. The first-order chi connectivity index (χ1) is 26.8. The second kappa shape index (κ2) is 11.2. The monoisotopic (exact) mass is 680 g/mol. The predicted octanol–water partition coefficient (Wildman–Crippen LogP) is 15.1. The summed E-state index contributed by atoms with van der Waals surface area (Å²) >= 11 is 0. The van der Waals surface area contributed by atoms with E-state index in [0.29, 0.717) is 0 Å². The Morgan fingerprint density at radius 3 is 1.06 bits per heavy atom. The van der Waals surface area contributed by atoms with Gasteiger partial charge in [-0.25, -0.2) is 0 Å². The standard InChI is InChI=1S/C54H32/c1-5-17-33(18-6-1)41-30-46-43-31-47-48(50(36-23-11-4-12-24-36)40-28-16-15-27-39(40)49(47)35-21-9-3-10-22-35)32-45(43)52-42(34-19-7-2-8-20-34)29-44-37-25-13-14-26-38(37)51(41)53(44)54(46)52/h1-32H. The molecule has 2 aliphatic rings. The van der Waals surface area contributed by atoms with Crippen LogP contribution in [0.2, 0.25) is 0 Å². The lowest BCUT2D eigenvalue weighted by Gasteiger charge is -2.20. The van der Waals surface area contributed by atoms with Gasteiger partial charge in [0.2, 0.25) is 0 Å². The highest BCUT2D eigenvalue weighted by Gasteiger charge is 2.35. The molecule has 10 aromatic rings. The summed E-state index contributed by atoms with van der Waals surface area (Å²) in [6.45, 7) is 0. The van der Waals surface area contributed by atoms with Gasteiger partial charge in [0, 0.05) is 0 Å². The molecule has 0 heterocycles. The molecule has 0 saturated carbocycles. The molecule has 0 amide bonds. The molecule has 0 aromatic heterocycles. The van der Waals surface area contributed by atoms with Gasteiger partial charge in [-0.15, -0.1) is 0 Å². The quantitative estimate of drug-likeness (QED) is 0.162. The van der Waals surface area contributed by atoms with Crippen LogP contribution in [0.4, 0.5) is 0 Å². The van der Waals surface area contributed by atoms with Gasteiger partial charge in [0.15, 0.2) is 0 Å². The minimum absolute atomic E-state index is 1.24. The lowest BCUT2D eigenvalue weighted by molar-refractivity contribution is 1.63. The topological polar surface area (TPSA) is 0 Å². The summed E-state index contributed by atoms with van der Waals surface area (Å²) in [4.78, 5) is 0. The molecule has 248 valence electrons. The molecule has 0 radical (unpaired) electrons. The average Bonchev–Trinajstić information content (AvgIpc) is 3.75. The van der Waals surface area contributed by atoms with Crippen LogP contribution in [0.3, 0.4) is 0 Å². The van der Waals surface area contributed by atoms with Gasteiger partial charge in [-0.3, -0.25) is 0 Å². The van der Waals surface area contributed by atoms with Gasteiger partial charge in [0.1, 0.15) is 0 Å². The SMILES string of the molecule is c1ccc(-c2cc3c4c(c(-c5ccccc5)cc5c4c2-c2ccccc2-5)-c2cc4c(-c5ccccc5)c5ccccc5c(-c5ccccc5)c4cc2-3)cc1. The van der Waals surface area contributed by atoms with Crippen molar-refractivity contribution in [2.75, 3.05) is 0 Å². The van der Waals surface area contributed by atoms with E-state index in [1.807, 2.05) is 0 Å². The third kappa shape index (κ3) is 4.03. The van der Waals surface area contributed by atoms with E-state index in [1.165, 1.54) is 121 Å². The molecule has 0 atom stereocenters. The Labute approximate surface area is 314 Å². The molecule has 2 aliphatic carbocycles. The molecule has 0 heteroatoms. The predicted molar refractivity (Wildman–Crippen MR) is 230 cm³/mol. The third-order valence-electron chi connectivity index (χ3n) is 11.9. The highest BCUT2D eigenvalue weighted by molar-refractivity contribution is 6.33. The van der Waals surface area contributed by atoms with E-state index in [0.717, 1.165) is 0 Å². The Balaban J connectivity index is 1.31. The lowest BCUT2D eigenvalue weighted by Crippen LogP contribution is -1.92. The molecule has 54 heavy (non-hydrogen) atoms. The average molecular weight is 681 g/mol. The fourth-order valence-electron chi connectivity index (χ4n) is 9.73. The second-order valence-electron chi connectivity index (χ2n) is 14.7. The van der Waals surface area contributed by atoms with Gasteiger partial charge in [0.05, 0.1) is 0 Å². The van der Waals surface area contributed by atoms with Gasteiger partial charge < -0.3 is 0 Å². The van der Waals surface area contributed by atoms with Crippen LogP contribution in [-0.4, -0.2) is 0 Å². The van der Waals surface area contributed by atoms with Crippen LogP contribution in [0.5, 0.6) is 0 Å². The van der Waals surface area contributed by atoms with Crippen LogP contribution >= 0.6 is 0 Å². The molecule has 0 fully saturated rings. The van der Waals surface area contributed by atoms with Crippen LogP contribution in [0.25, 0.3) is 121 Å². The van der Waals surface area contributed by atoms with Gasteiger partial charge in [0.25, 0.3) is 0 Å². The summed E-state index contributed by atoms with van der Waals surface area (Å²) in [6.07, 6.45) is 0. The zero-order chi connectivity index (χ0) is 35.3. The summed E-state index contributed by atoms with van der Waals surface area (Å²) in [5.74, 6) is 0. The van der Waals surface area contributed by atoms with Crippen LogP contribution in [0.15, 0.2) is 194 Å². The van der Waals surface area contributed by atoms with Gasteiger partial charge in [-0.1, -0.05) is 170 Å². The second-order valence-corrected chi connectivity index (χ2v) is 14.7. The molecule has 0 N–H and O–H groups in total. The first-order valence-corrected chi connectivity index (χ1v) is 18.9. The largest absolute Gasteiger partial charge is 0.0622 e. The van der Waals surface area contributed by atoms with Crippen molar-refractivity contribution in [3.05, 3.63) is 194 Å². The smallest absolute Gasteiger partial charge is 0.000718 e. The van der Waals surface area contributed by atoms with E-state index in [-0.39, 0.29) is 0 Å². The molecule has 0 nitrogen and oxygen atoms in total. The molecule has 0 unspecified atom stereocenters. The maximum absolute atomic E-state index is 2.54. The van der Waals surface area contributed by atoms with E-state index in [1.54, 1.807) is 0 Å². The summed E-state index contributed by atoms with van der Waals surface area (Å²) in [7, 11) is 0. The van der Waals surface area contributed by atoms with Crippen LogP contribution in [-0.2, 0) is 0 Å². The summed E-state index contributed by atoms with van der Waals surface area (Å²) in [6, 6.07) is 72.1. The number of hydrogen-bond acceptors (Lipinski definition) is 0. The van der Waals surface area contributed by atoms with Crippen molar-refractivity contribution in [2.24, 2.45) is 0 Å². The molecule has 0 aliphatic heterocycles. The van der Waals surface area contributed by atoms with Crippen molar-refractivity contribution in [2.45, 2.75) is 0 Å². The summed E-state index contributed by atoms with van der Waals surface area (Å²) in [5, 5.41) is 7.86. The van der Waals surface area contributed by atoms with Crippen LogP contribution < -0.4 is 0 Å². The highest BCUT2D eigenvalue weighted by Crippen LogP contribution is 2.62. The number of fused-ring (bicyclic) bond motifs is 8. The number of benzene rings is 10. The van der Waals surface area contributed by atoms with E-state index < -0.39 is 0 Å². The van der Waals surface area contributed by atoms with E-state index in [9.17, 15) is 0 Å². The Morgan fingerprint density at radius 2 is 0.556 bits per heavy atom. The normalized spacial score (nSPS) is 12.1. The maximum atomic E-state index is 2.54. The van der Waals surface area contributed by atoms with E-state index in [4.69, 9.17) is 0 Å². The summed E-state index contributed by atoms with van der Waals surface area (Å²) < 4.78 is 0. The minimum Gasteiger partial charge on any atom is -0.0622 e. The summed E-state index contributed by atoms with van der Waals surface area (Å²) in [5.41, 5.74) is 20.7. The maximum Gasteiger partial charge on any atom is -0.000718 e. The first-order valence-electron chi connectivity index (χ1n) is 18.9. The van der Waals surface area contributed by atoms with Gasteiger partial charge in [-0.05, 0) is 146 Å². The molecule has 12 rings (SSSR count). The zero-order valence-corrected chi connectivity index (χ0v) is 29.5. The van der Waals surface area contributed by atoms with Crippen molar-refractivity contribution in [1.82, 2.24) is 0 Å². The molecule has 0 saturated heterocycles. The molecule has 0 bridgehead atoms. The lowest BCUT2D eigenvalue weighted by atomic mass is 9.83. The highest BCUT2D eigenvalue weighted by atomic mass is 14.4. The van der Waals surface area contributed by atoms with Crippen molar-refractivity contribution in [3.8, 4) is 89.0 Å². The fourth-order valence-corrected chi connectivity index (χ4v) is 9.73. The van der Waals surface area contributed by atoms with Crippen molar-refractivity contribution in [3.63, 3.8) is 0 Å². The Hall–Kier alpha value is -7.02. The molecule has 10 aromatic carbocycles. The Bertz CT molecular complexity index is 3160. The third-order valence-corrected chi connectivity index (χ3v) is 11.9. The van der Waals surface area contributed by atoms with Gasteiger partial charge >= 0.3 is 0 Å². The number of hydrogen-bond donors (Lipinski definition) is 0. The van der Waals surface area contributed by atoms with Crippen molar-refractivity contribution in [1.29, 1.82) is 0 Å². The van der Waals surface area contributed by atoms with E-state index >= 15 is 0 Å². The minimum atomic E-state index is 1.24.